The summed E-state index contributed by atoms with van der Waals surface area (Å²) in [6, 6.07) is 4.19. The van der Waals surface area contributed by atoms with E-state index >= 15 is 0 Å². The highest BCUT2D eigenvalue weighted by Gasteiger charge is 2.43. The Morgan fingerprint density at radius 3 is 2.91 bits per heavy atom. The Morgan fingerprint density at radius 2 is 2.23 bits per heavy atom. The SMILES string of the molecule is CC(C)(C)OC(=O)NC1CCC2CN(Cc3ccco3)CC21. The summed E-state index contributed by atoms with van der Waals surface area (Å²) in [7, 11) is 0. The van der Waals surface area contributed by atoms with Gasteiger partial charge in [0.05, 0.1) is 12.8 Å². The summed E-state index contributed by atoms with van der Waals surface area (Å²) in [5.74, 6) is 2.22. The van der Waals surface area contributed by atoms with E-state index in [-0.39, 0.29) is 12.1 Å². The van der Waals surface area contributed by atoms with Gasteiger partial charge in [0.1, 0.15) is 11.4 Å². The van der Waals surface area contributed by atoms with Crippen LogP contribution in [0.5, 0.6) is 0 Å². The van der Waals surface area contributed by atoms with Crippen molar-refractivity contribution in [1.29, 1.82) is 0 Å². The van der Waals surface area contributed by atoms with Gasteiger partial charge in [0.2, 0.25) is 0 Å². The average molecular weight is 306 g/mol. The first-order valence-corrected chi connectivity index (χ1v) is 8.15. The van der Waals surface area contributed by atoms with Crippen molar-refractivity contribution in [2.45, 2.75) is 51.8 Å². The summed E-state index contributed by atoms with van der Waals surface area (Å²) in [6.45, 7) is 8.66. The number of carbonyl (C=O) groups is 1. The Hall–Kier alpha value is -1.49. The fraction of sp³-hybridized carbons (Fsp3) is 0.706. The van der Waals surface area contributed by atoms with Crippen LogP contribution in [0.1, 0.15) is 39.4 Å². The van der Waals surface area contributed by atoms with E-state index in [2.05, 4.69) is 10.2 Å². The van der Waals surface area contributed by atoms with Crippen molar-refractivity contribution in [3.8, 4) is 0 Å². The zero-order valence-electron chi connectivity index (χ0n) is 13.7. The van der Waals surface area contributed by atoms with E-state index in [1.165, 1.54) is 6.42 Å². The molecule has 22 heavy (non-hydrogen) atoms. The van der Waals surface area contributed by atoms with Crippen LogP contribution in [0, 0.1) is 11.8 Å². The largest absolute Gasteiger partial charge is 0.468 e. The Balaban J connectivity index is 1.53. The van der Waals surface area contributed by atoms with Crippen LogP contribution in [0.3, 0.4) is 0 Å². The van der Waals surface area contributed by atoms with Gasteiger partial charge < -0.3 is 14.5 Å². The monoisotopic (exact) mass is 306 g/mol. The number of carbonyl (C=O) groups excluding carboxylic acids is 1. The molecule has 3 unspecified atom stereocenters. The molecule has 0 aromatic carbocycles. The number of fused-ring (bicyclic) bond motifs is 1. The van der Waals surface area contributed by atoms with Crippen molar-refractivity contribution < 1.29 is 13.9 Å². The molecule has 5 heteroatoms. The average Bonchev–Trinajstić information content (AvgIpc) is 3.07. The van der Waals surface area contributed by atoms with E-state index in [1.54, 1.807) is 6.26 Å². The van der Waals surface area contributed by atoms with Gasteiger partial charge in [0, 0.05) is 19.1 Å². The van der Waals surface area contributed by atoms with Gasteiger partial charge in [-0.15, -0.1) is 0 Å². The highest BCUT2D eigenvalue weighted by atomic mass is 16.6. The molecule has 5 nitrogen and oxygen atoms in total. The number of alkyl carbamates (subject to hydrolysis) is 1. The zero-order chi connectivity index (χ0) is 15.7. The first kappa shape index (κ1) is 15.4. The standard InChI is InChI=1S/C17H26N2O3/c1-17(2,3)22-16(20)18-15-7-6-12-9-19(11-14(12)15)10-13-5-4-8-21-13/h4-5,8,12,14-15H,6-7,9-11H2,1-3H3,(H,18,20). The number of nitrogens with one attached hydrogen (secondary N) is 1. The van der Waals surface area contributed by atoms with E-state index in [0.29, 0.717) is 11.8 Å². The number of nitrogens with zero attached hydrogens (tertiary/aromatic N) is 1. The molecule has 122 valence electrons. The van der Waals surface area contributed by atoms with Crippen LogP contribution in [-0.4, -0.2) is 35.7 Å². The van der Waals surface area contributed by atoms with Crippen molar-refractivity contribution in [2.24, 2.45) is 11.8 Å². The smallest absolute Gasteiger partial charge is 0.407 e. The molecule has 1 aliphatic carbocycles. The third-order valence-electron chi connectivity index (χ3n) is 4.59. The lowest BCUT2D eigenvalue weighted by atomic mass is 9.98. The highest BCUT2D eigenvalue weighted by molar-refractivity contribution is 5.68. The molecule has 1 saturated heterocycles. The molecule has 1 N–H and O–H groups in total. The van der Waals surface area contributed by atoms with Crippen molar-refractivity contribution in [2.75, 3.05) is 13.1 Å². The van der Waals surface area contributed by atoms with Crippen molar-refractivity contribution in [3.05, 3.63) is 24.2 Å². The summed E-state index contributed by atoms with van der Waals surface area (Å²) in [5, 5.41) is 3.07. The lowest BCUT2D eigenvalue weighted by Gasteiger charge is -2.24. The molecule has 3 rings (SSSR count). The summed E-state index contributed by atoms with van der Waals surface area (Å²) in [4.78, 5) is 14.4. The quantitative estimate of drug-likeness (QED) is 0.932. The van der Waals surface area contributed by atoms with E-state index in [4.69, 9.17) is 9.15 Å². The fourth-order valence-corrected chi connectivity index (χ4v) is 3.75. The van der Waals surface area contributed by atoms with Crippen LogP contribution < -0.4 is 5.32 Å². The summed E-state index contributed by atoms with van der Waals surface area (Å²) in [6.07, 6.45) is 3.67. The van der Waals surface area contributed by atoms with Gasteiger partial charge in [-0.25, -0.2) is 4.79 Å². The molecule has 0 radical (unpaired) electrons. The minimum Gasteiger partial charge on any atom is -0.468 e. The third-order valence-corrected chi connectivity index (χ3v) is 4.59. The van der Waals surface area contributed by atoms with Crippen LogP contribution >= 0.6 is 0 Å². The fourth-order valence-electron chi connectivity index (χ4n) is 3.75. The third kappa shape index (κ3) is 3.64. The maximum absolute atomic E-state index is 12.0. The molecule has 1 aromatic heterocycles. The van der Waals surface area contributed by atoms with Crippen molar-refractivity contribution in [3.63, 3.8) is 0 Å². The number of ether oxygens (including phenoxy) is 1. The summed E-state index contributed by atoms with van der Waals surface area (Å²) >= 11 is 0. The maximum Gasteiger partial charge on any atom is 0.407 e. The topological polar surface area (TPSA) is 54.7 Å². The molecule has 1 aliphatic heterocycles. The minimum atomic E-state index is -0.441. The Bertz CT molecular complexity index is 506. The summed E-state index contributed by atoms with van der Waals surface area (Å²) < 4.78 is 10.8. The first-order valence-electron chi connectivity index (χ1n) is 8.15. The van der Waals surface area contributed by atoms with Crippen LogP contribution in [0.2, 0.25) is 0 Å². The van der Waals surface area contributed by atoms with Crippen molar-refractivity contribution in [1.82, 2.24) is 10.2 Å². The molecule has 1 saturated carbocycles. The number of furan rings is 1. The second-order valence-corrected chi connectivity index (χ2v) is 7.53. The maximum atomic E-state index is 12.0. The van der Waals surface area contributed by atoms with E-state index in [9.17, 15) is 4.79 Å². The van der Waals surface area contributed by atoms with Crippen LogP contribution in [-0.2, 0) is 11.3 Å². The Morgan fingerprint density at radius 1 is 1.41 bits per heavy atom. The number of hydrogen-bond acceptors (Lipinski definition) is 4. The molecule has 3 atom stereocenters. The number of amides is 1. The van der Waals surface area contributed by atoms with Crippen LogP contribution in [0.25, 0.3) is 0 Å². The van der Waals surface area contributed by atoms with Gasteiger partial charge in [0.25, 0.3) is 0 Å². The van der Waals surface area contributed by atoms with Crippen LogP contribution in [0.15, 0.2) is 22.8 Å². The Kier molecular flexibility index (Phi) is 4.17. The Labute approximate surface area is 132 Å². The normalized spacial score (nSPS) is 28.6. The van der Waals surface area contributed by atoms with Gasteiger partial charge in [-0.2, -0.15) is 0 Å². The number of likely N-dealkylation sites (tertiary alicyclic amines) is 1. The molecule has 0 bridgehead atoms. The molecule has 0 spiro atoms. The second kappa shape index (κ2) is 5.95. The second-order valence-electron chi connectivity index (χ2n) is 7.53. The molecule has 1 amide bonds. The number of rotatable bonds is 3. The summed E-state index contributed by atoms with van der Waals surface area (Å²) in [5.41, 5.74) is -0.441. The first-order chi connectivity index (χ1) is 10.4. The molecular formula is C17H26N2O3. The van der Waals surface area contributed by atoms with Gasteiger partial charge in [-0.05, 0) is 57.6 Å². The van der Waals surface area contributed by atoms with E-state index in [0.717, 1.165) is 31.8 Å². The highest BCUT2D eigenvalue weighted by Crippen LogP contribution is 2.38. The van der Waals surface area contributed by atoms with E-state index in [1.807, 2.05) is 32.9 Å². The van der Waals surface area contributed by atoms with Gasteiger partial charge in [0.15, 0.2) is 0 Å². The molecule has 2 heterocycles. The molecule has 2 fully saturated rings. The predicted molar refractivity (Wildman–Crippen MR) is 83.4 cm³/mol. The van der Waals surface area contributed by atoms with Gasteiger partial charge in [-0.3, -0.25) is 4.90 Å². The van der Waals surface area contributed by atoms with Crippen LogP contribution in [0.4, 0.5) is 4.79 Å². The lowest BCUT2D eigenvalue weighted by Crippen LogP contribution is -2.42. The molecular weight excluding hydrogens is 280 g/mol. The zero-order valence-corrected chi connectivity index (χ0v) is 13.7. The molecule has 1 aromatic rings. The van der Waals surface area contributed by atoms with Gasteiger partial charge in [-0.1, -0.05) is 0 Å². The molecule has 2 aliphatic rings. The lowest BCUT2D eigenvalue weighted by molar-refractivity contribution is 0.0491. The van der Waals surface area contributed by atoms with Crippen molar-refractivity contribution >= 4 is 6.09 Å². The predicted octanol–water partition coefficient (Wildman–Crippen LogP) is 3.01. The minimum absolute atomic E-state index is 0.237. The van der Waals surface area contributed by atoms with E-state index < -0.39 is 5.60 Å². The number of hydrogen-bond donors (Lipinski definition) is 1. The van der Waals surface area contributed by atoms with Gasteiger partial charge >= 0.3 is 6.09 Å².